The Morgan fingerprint density at radius 2 is 2.00 bits per heavy atom. The van der Waals surface area contributed by atoms with E-state index in [2.05, 4.69) is 22.6 Å². The van der Waals surface area contributed by atoms with E-state index in [1.165, 1.54) is 3.57 Å². The van der Waals surface area contributed by atoms with Crippen LogP contribution in [0.5, 0.6) is 0 Å². The van der Waals surface area contributed by atoms with E-state index in [9.17, 15) is 4.79 Å². The molecule has 80 valence electrons. The standard InChI is InChI=1S/C12H14INO/c1-9-3-2-8-14(12(9)15)11-6-4-10(13)5-7-11/h4-7,9H,2-3,8H2,1H3/t9-/m0/s1. The molecule has 1 aliphatic heterocycles. The summed E-state index contributed by atoms with van der Waals surface area (Å²) in [7, 11) is 0. The number of nitrogens with zero attached hydrogens (tertiary/aromatic N) is 1. The van der Waals surface area contributed by atoms with Gasteiger partial charge in [0.2, 0.25) is 5.91 Å². The van der Waals surface area contributed by atoms with E-state index in [0.29, 0.717) is 0 Å². The molecule has 1 amide bonds. The summed E-state index contributed by atoms with van der Waals surface area (Å²) in [5.74, 6) is 0.445. The first-order valence-electron chi connectivity index (χ1n) is 5.25. The molecular weight excluding hydrogens is 301 g/mol. The molecule has 0 unspecified atom stereocenters. The van der Waals surface area contributed by atoms with Crippen LogP contribution in [0.2, 0.25) is 0 Å². The van der Waals surface area contributed by atoms with Crippen LogP contribution in [-0.2, 0) is 4.79 Å². The van der Waals surface area contributed by atoms with Gasteiger partial charge in [0.05, 0.1) is 0 Å². The Balaban J connectivity index is 2.22. The molecule has 1 saturated heterocycles. The van der Waals surface area contributed by atoms with Crippen LogP contribution in [0, 0.1) is 9.49 Å². The van der Waals surface area contributed by atoms with Crippen molar-refractivity contribution >= 4 is 34.2 Å². The van der Waals surface area contributed by atoms with E-state index in [-0.39, 0.29) is 11.8 Å². The van der Waals surface area contributed by atoms with Gasteiger partial charge in [0, 0.05) is 21.7 Å². The maximum Gasteiger partial charge on any atom is 0.229 e. The zero-order valence-electron chi connectivity index (χ0n) is 8.74. The third-order valence-electron chi connectivity index (χ3n) is 2.84. The molecule has 0 aliphatic carbocycles. The average Bonchev–Trinajstić information content (AvgIpc) is 2.24. The Hall–Kier alpha value is -0.580. The van der Waals surface area contributed by atoms with Crippen LogP contribution in [-0.4, -0.2) is 12.5 Å². The fourth-order valence-electron chi connectivity index (χ4n) is 1.93. The van der Waals surface area contributed by atoms with Crippen molar-refractivity contribution in [1.29, 1.82) is 0 Å². The van der Waals surface area contributed by atoms with Crippen LogP contribution in [0.3, 0.4) is 0 Å². The average molecular weight is 315 g/mol. The van der Waals surface area contributed by atoms with Gasteiger partial charge in [-0.05, 0) is 59.7 Å². The number of anilines is 1. The second-order valence-corrected chi connectivity index (χ2v) is 5.26. The topological polar surface area (TPSA) is 20.3 Å². The lowest BCUT2D eigenvalue weighted by Gasteiger charge is -2.30. The first kappa shape index (κ1) is 10.9. The minimum Gasteiger partial charge on any atom is -0.312 e. The van der Waals surface area contributed by atoms with E-state index in [1.807, 2.05) is 36.1 Å². The molecule has 1 aliphatic rings. The number of benzene rings is 1. The molecule has 1 fully saturated rings. The maximum absolute atomic E-state index is 11.9. The van der Waals surface area contributed by atoms with Gasteiger partial charge in [0.15, 0.2) is 0 Å². The van der Waals surface area contributed by atoms with Crippen molar-refractivity contribution < 1.29 is 4.79 Å². The lowest BCUT2D eigenvalue weighted by molar-refractivity contribution is -0.123. The Morgan fingerprint density at radius 1 is 1.33 bits per heavy atom. The van der Waals surface area contributed by atoms with Crippen LogP contribution in [0.25, 0.3) is 0 Å². The van der Waals surface area contributed by atoms with Crippen LogP contribution in [0.15, 0.2) is 24.3 Å². The second kappa shape index (κ2) is 4.51. The fourth-order valence-corrected chi connectivity index (χ4v) is 2.29. The third-order valence-corrected chi connectivity index (χ3v) is 3.56. The summed E-state index contributed by atoms with van der Waals surface area (Å²) in [4.78, 5) is 13.8. The number of halogens is 1. The zero-order valence-corrected chi connectivity index (χ0v) is 10.9. The van der Waals surface area contributed by atoms with E-state index in [0.717, 1.165) is 25.1 Å². The second-order valence-electron chi connectivity index (χ2n) is 4.01. The highest BCUT2D eigenvalue weighted by atomic mass is 127. The van der Waals surface area contributed by atoms with Gasteiger partial charge in [-0.2, -0.15) is 0 Å². The number of carbonyl (C=O) groups excluding carboxylic acids is 1. The molecule has 2 rings (SSSR count). The van der Waals surface area contributed by atoms with E-state index < -0.39 is 0 Å². The Morgan fingerprint density at radius 3 is 2.67 bits per heavy atom. The highest BCUT2D eigenvalue weighted by molar-refractivity contribution is 14.1. The van der Waals surface area contributed by atoms with Gasteiger partial charge < -0.3 is 4.90 Å². The lowest BCUT2D eigenvalue weighted by atomic mass is 9.99. The van der Waals surface area contributed by atoms with Gasteiger partial charge in [0.25, 0.3) is 0 Å². The smallest absolute Gasteiger partial charge is 0.229 e. The SMILES string of the molecule is C[C@H]1CCCN(c2ccc(I)cc2)C1=O. The van der Waals surface area contributed by atoms with Crippen molar-refractivity contribution in [3.8, 4) is 0 Å². The van der Waals surface area contributed by atoms with Crippen LogP contribution >= 0.6 is 22.6 Å². The normalized spacial score (nSPS) is 21.9. The number of hydrogen-bond donors (Lipinski definition) is 0. The highest BCUT2D eigenvalue weighted by Crippen LogP contribution is 2.24. The summed E-state index contributed by atoms with van der Waals surface area (Å²) in [6.45, 7) is 2.88. The minimum absolute atomic E-state index is 0.179. The molecule has 0 N–H and O–H groups in total. The predicted octanol–water partition coefficient (Wildman–Crippen LogP) is 3.05. The van der Waals surface area contributed by atoms with Gasteiger partial charge in [-0.15, -0.1) is 0 Å². The first-order chi connectivity index (χ1) is 7.18. The molecule has 3 heteroatoms. The van der Waals surface area contributed by atoms with Gasteiger partial charge >= 0.3 is 0 Å². The minimum atomic E-state index is 0.179. The van der Waals surface area contributed by atoms with Crippen LogP contribution < -0.4 is 4.90 Å². The number of hydrogen-bond acceptors (Lipinski definition) is 1. The maximum atomic E-state index is 11.9. The largest absolute Gasteiger partial charge is 0.312 e. The van der Waals surface area contributed by atoms with Crippen molar-refractivity contribution in [2.24, 2.45) is 5.92 Å². The van der Waals surface area contributed by atoms with E-state index in [4.69, 9.17) is 0 Å². The van der Waals surface area contributed by atoms with Gasteiger partial charge in [0.1, 0.15) is 0 Å². The van der Waals surface area contributed by atoms with Crippen molar-refractivity contribution in [1.82, 2.24) is 0 Å². The molecule has 0 radical (unpaired) electrons. The number of rotatable bonds is 1. The molecule has 1 atom stereocenters. The summed E-state index contributed by atoms with van der Waals surface area (Å²) in [6, 6.07) is 8.14. The molecule has 15 heavy (non-hydrogen) atoms. The summed E-state index contributed by atoms with van der Waals surface area (Å²) in [6.07, 6.45) is 2.14. The predicted molar refractivity (Wildman–Crippen MR) is 69.9 cm³/mol. The lowest BCUT2D eigenvalue weighted by Crippen LogP contribution is -2.40. The van der Waals surface area contributed by atoms with Gasteiger partial charge in [-0.1, -0.05) is 6.92 Å². The molecule has 0 saturated carbocycles. The van der Waals surface area contributed by atoms with Crippen LogP contribution in [0.1, 0.15) is 19.8 Å². The Labute approximate surface area is 104 Å². The molecular formula is C12H14INO. The fraction of sp³-hybridized carbons (Fsp3) is 0.417. The molecule has 1 heterocycles. The molecule has 2 nitrogen and oxygen atoms in total. The highest BCUT2D eigenvalue weighted by Gasteiger charge is 2.25. The van der Waals surface area contributed by atoms with Gasteiger partial charge in [-0.25, -0.2) is 0 Å². The monoisotopic (exact) mass is 315 g/mol. The summed E-state index contributed by atoms with van der Waals surface area (Å²) < 4.78 is 1.20. The number of piperidine rings is 1. The molecule has 0 bridgehead atoms. The summed E-state index contributed by atoms with van der Waals surface area (Å²) >= 11 is 2.27. The van der Waals surface area contributed by atoms with Gasteiger partial charge in [-0.3, -0.25) is 4.79 Å². The Bertz CT molecular complexity index is 360. The number of amides is 1. The van der Waals surface area contributed by atoms with E-state index >= 15 is 0 Å². The molecule has 0 aromatic heterocycles. The van der Waals surface area contributed by atoms with E-state index in [1.54, 1.807) is 0 Å². The quantitative estimate of drug-likeness (QED) is 0.730. The van der Waals surface area contributed by atoms with Crippen molar-refractivity contribution in [2.45, 2.75) is 19.8 Å². The zero-order chi connectivity index (χ0) is 10.8. The number of carbonyl (C=O) groups is 1. The van der Waals surface area contributed by atoms with Crippen molar-refractivity contribution in [3.05, 3.63) is 27.8 Å². The summed E-state index contributed by atoms with van der Waals surface area (Å²) in [5, 5.41) is 0. The van der Waals surface area contributed by atoms with Crippen molar-refractivity contribution in [2.75, 3.05) is 11.4 Å². The molecule has 1 aromatic carbocycles. The Kier molecular flexibility index (Phi) is 3.29. The third kappa shape index (κ3) is 2.33. The first-order valence-corrected chi connectivity index (χ1v) is 6.33. The van der Waals surface area contributed by atoms with Crippen LogP contribution in [0.4, 0.5) is 5.69 Å². The van der Waals surface area contributed by atoms with Crippen molar-refractivity contribution in [3.63, 3.8) is 0 Å². The summed E-state index contributed by atoms with van der Waals surface area (Å²) in [5.41, 5.74) is 1.03. The molecule has 0 spiro atoms. The molecule has 1 aromatic rings.